The largest absolute Gasteiger partial charge is 0.475 e. The van der Waals surface area contributed by atoms with Crippen molar-refractivity contribution in [3.8, 4) is 0 Å². The number of hydrogen-bond donors (Lipinski definition) is 1. The molecule has 12 heavy (non-hydrogen) atoms. The van der Waals surface area contributed by atoms with Gasteiger partial charge in [-0.05, 0) is 12.8 Å². The Hall–Kier alpha value is -0.510. The summed E-state index contributed by atoms with van der Waals surface area (Å²) in [4.78, 5) is 21.0. The maximum absolute atomic E-state index is 10.8. The average Bonchev–Trinajstić information content (AvgIpc) is 2.06. The van der Waals surface area contributed by atoms with E-state index in [4.69, 9.17) is 5.11 Å². The van der Waals surface area contributed by atoms with E-state index in [9.17, 15) is 9.59 Å². The molecule has 0 aliphatic heterocycles. The SMILES string of the molecule is O=C(O)C(=O)SC1CCCCC1. The summed E-state index contributed by atoms with van der Waals surface area (Å²) in [6, 6.07) is 0. The van der Waals surface area contributed by atoms with Gasteiger partial charge in [0.2, 0.25) is 0 Å². The van der Waals surface area contributed by atoms with Crippen molar-refractivity contribution in [2.75, 3.05) is 0 Å². The lowest BCUT2D eigenvalue weighted by molar-refractivity contribution is -0.144. The summed E-state index contributed by atoms with van der Waals surface area (Å²) >= 11 is 0.990. The number of carboxylic acids is 1. The lowest BCUT2D eigenvalue weighted by atomic mass is 10.0. The highest BCUT2D eigenvalue weighted by molar-refractivity contribution is 8.15. The zero-order valence-corrected chi connectivity index (χ0v) is 7.60. The molecule has 0 amide bonds. The first-order valence-electron chi connectivity index (χ1n) is 4.14. The Kier molecular flexibility index (Phi) is 3.59. The van der Waals surface area contributed by atoms with Crippen LogP contribution < -0.4 is 0 Å². The van der Waals surface area contributed by atoms with Crippen molar-refractivity contribution in [1.29, 1.82) is 0 Å². The summed E-state index contributed by atoms with van der Waals surface area (Å²) in [5.74, 6) is -1.31. The van der Waals surface area contributed by atoms with Crippen LogP contribution in [0.15, 0.2) is 0 Å². The Labute approximate surface area is 75.5 Å². The second kappa shape index (κ2) is 4.50. The molecule has 0 saturated heterocycles. The second-order valence-corrected chi connectivity index (χ2v) is 4.24. The zero-order valence-electron chi connectivity index (χ0n) is 6.78. The third-order valence-electron chi connectivity index (χ3n) is 2.00. The number of carboxylic acid groups (broad SMARTS) is 1. The van der Waals surface area contributed by atoms with Gasteiger partial charge in [-0.1, -0.05) is 31.0 Å². The lowest BCUT2D eigenvalue weighted by Crippen LogP contribution is -2.16. The number of hydrogen-bond acceptors (Lipinski definition) is 3. The van der Waals surface area contributed by atoms with Crippen molar-refractivity contribution in [3.63, 3.8) is 0 Å². The molecule has 0 atom stereocenters. The lowest BCUT2D eigenvalue weighted by Gasteiger charge is -2.18. The van der Waals surface area contributed by atoms with Crippen LogP contribution in [0.4, 0.5) is 0 Å². The molecule has 1 saturated carbocycles. The van der Waals surface area contributed by atoms with E-state index in [-0.39, 0.29) is 5.25 Å². The quantitative estimate of drug-likeness (QED) is 0.636. The van der Waals surface area contributed by atoms with Crippen molar-refractivity contribution in [2.24, 2.45) is 0 Å². The minimum atomic E-state index is -1.31. The third kappa shape index (κ3) is 2.85. The van der Waals surface area contributed by atoms with Crippen LogP contribution >= 0.6 is 11.8 Å². The van der Waals surface area contributed by atoms with Gasteiger partial charge < -0.3 is 5.11 Å². The van der Waals surface area contributed by atoms with Gasteiger partial charge in [0.25, 0.3) is 5.12 Å². The predicted molar refractivity (Wildman–Crippen MR) is 47.1 cm³/mol. The van der Waals surface area contributed by atoms with Gasteiger partial charge in [-0.15, -0.1) is 0 Å². The first kappa shape index (κ1) is 9.58. The summed E-state index contributed by atoms with van der Waals surface area (Å²) in [5, 5.41) is 7.89. The van der Waals surface area contributed by atoms with Crippen LogP contribution in [-0.4, -0.2) is 21.4 Å². The van der Waals surface area contributed by atoms with Gasteiger partial charge in [-0.25, -0.2) is 4.79 Å². The second-order valence-electron chi connectivity index (χ2n) is 2.97. The molecule has 0 spiro atoms. The highest BCUT2D eigenvalue weighted by Crippen LogP contribution is 2.28. The number of carbonyl (C=O) groups excluding carboxylic acids is 1. The normalized spacial score (nSPS) is 19.0. The highest BCUT2D eigenvalue weighted by atomic mass is 32.2. The molecule has 0 heterocycles. The molecule has 0 aromatic rings. The first-order valence-corrected chi connectivity index (χ1v) is 5.02. The molecule has 1 rings (SSSR count). The Balaban J connectivity index is 2.29. The van der Waals surface area contributed by atoms with Crippen LogP contribution in [0.2, 0.25) is 0 Å². The molecule has 0 unspecified atom stereocenters. The van der Waals surface area contributed by atoms with Crippen molar-refractivity contribution in [2.45, 2.75) is 37.4 Å². The van der Waals surface area contributed by atoms with Crippen LogP contribution in [0.3, 0.4) is 0 Å². The van der Waals surface area contributed by atoms with Crippen LogP contribution in [0.1, 0.15) is 32.1 Å². The molecule has 1 fully saturated rings. The standard InChI is InChI=1S/C8H12O3S/c9-7(10)8(11)12-6-4-2-1-3-5-6/h6H,1-5H2,(H,9,10). The topological polar surface area (TPSA) is 54.4 Å². The van der Waals surface area contributed by atoms with E-state index in [1.807, 2.05) is 0 Å². The van der Waals surface area contributed by atoms with Gasteiger partial charge in [0.15, 0.2) is 0 Å². The number of aliphatic carboxylic acids is 1. The minimum absolute atomic E-state index is 0.252. The molecular weight excluding hydrogens is 176 g/mol. The van der Waals surface area contributed by atoms with Crippen LogP contribution in [0.25, 0.3) is 0 Å². The molecule has 68 valence electrons. The number of rotatable bonds is 1. The minimum Gasteiger partial charge on any atom is -0.475 e. The van der Waals surface area contributed by atoms with E-state index in [1.54, 1.807) is 0 Å². The monoisotopic (exact) mass is 188 g/mol. The van der Waals surface area contributed by atoms with Crippen molar-refractivity contribution < 1.29 is 14.7 Å². The molecule has 1 aliphatic rings. The predicted octanol–water partition coefficient (Wildman–Crippen LogP) is 1.66. The van der Waals surface area contributed by atoms with E-state index in [1.165, 1.54) is 6.42 Å². The van der Waals surface area contributed by atoms with E-state index in [2.05, 4.69) is 0 Å². The summed E-state index contributed by atoms with van der Waals surface area (Å²) in [5.41, 5.74) is 0. The molecule has 0 radical (unpaired) electrons. The van der Waals surface area contributed by atoms with Crippen LogP contribution in [0, 0.1) is 0 Å². The van der Waals surface area contributed by atoms with Crippen molar-refractivity contribution >= 4 is 22.8 Å². The molecule has 3 nitrogen and oxygen atoms in total. The molecule has 1 N–H and O–H groups in total. The fourth-order valence-electron chi connectivity index (χ4n) is 1.38. The summed E-state index contributed by atoms with van der Waals surface area (Å²) in [6.45, 7) is 0. The van der Waals surface area contributed by atoms with Gasteiger partial charge in [-0.2, -0.15) is 0 Å². The highest BCUT2D eigenvalue weighted by Gasteiger charge is 2.21. The molecule has 0 aromatic heterocycles. The Morgan fingerprint density at radius 3 is 2.25 bits per heavy atom. The Bertz CT molecular complexity index is 185. The van der Waals surface area contributed by atoms with E-state index in [0.29, 0.717) is 0 Å². The fraction of sp³-hybridized carbons (Fsp3) is 0.750. The first-order chi connectivity index (χ1) is 5.70. The fourth-order valence-corrected chi connectivity index (χ4v) is 2.36. The van der Waals surface area contributed by atoms with Crippen molar-refractivity contribution in [1.82, 2.24) is 0 Å². The molecule has 0 bridgehead atoms. The molecule has 4 heteroatoms. The summed E-state index contributed by atoms with van der Waals surface area (Å²) in [7, 11) is 0. The Morgan fingerprint density at radius 2 is 1.75 bits per heavy atom. The van der Waals surface area contributed by atoms with Gasteiger partial charge in [0.05, 0.1) is 0 Å². The Morgan fingerprint density at radius 1 is 1.17 bits per heavy atom. The smallest absolute Gasteiger partial charge is 0.383 e. The summed E-state index contributed by atoms with van der Waals surface area (Å²) < 4.78 is 0. The molecular formula is C8H12O3S. The van der Waals surface area contributed by atoms with Gasteiger partial charge in [0.1, 0.15) is 0 Å². The van der Waals surface area contributed by atoms with E-state index in [0.717, 1.165) is 37.4 Å². The molecule has 1 aliphatic carbocycles. The molecule has 0 aromatic carbocycles. The van der Waals surface area contributed by atoms with Crippen molar-refractivity contribution in [3.05, 3.63) is 0 Å². The van der Waals surface area contributed by atoms with Gasteiger partial charge in [0, 0.05) is 5.25 Å². The van der Waals surface area contributed by atoms with Crippen LogP contribution in [-0.2, 0) is 9.59 Å². The van der Waals surface area contributed by atoms with Gasteiger partial charge >= 0.3 is 5.97 Å². The number of thioether (sulfide) groups is 1. The van der Waals surface area contributed by atoms with Gasteiger partial charge in [-0.3, -0.25) is 4.79 Å². The summed E-state index contributed by atoms with van der Waals surface area (Å²) in [6.07, 6.45) is 5.46. The zero-order chi connectivity index (χ0) is 8.97. The third-order valence-corrected chi connectivity index (χ3v) is 3.19. The maximum atomic E-state index is 10.8. The van der Waals surface area contributed by atoms with E-state index >= 15 is 0 Å². The van der Waals surface area contributed by atoms with E-state index < -0.39 is 11.1 Å². The number of carbonyl (C=O) groups is 2. The average molecular weight is 188 g/mol. The van der Waals surface area contributed by atoms with Crippen LogP contribution in [0.5, 0.6) is 0 Å². The maximum Gasteiger partial charge on any atom is 0.383 e.